The summed E-state index contributed by atoms with van der Waals surface area (Å²) >= 11 is 1.37. The fourth-order valence-corrected chi connectivity index (χ4v) is 2.54. The number of thiazole rings is 1. The topological polar surface area (TPSA) is 80.8 Å². The molecule has 3 aromatic heterocycles. The van der Waals surface area contributed by atoms with Crippen molar-refractivity contribution in [1.82, 2.24) is 20.2 Å². The maximum absolute atomic E-state index is 10.6. The van der Waals surface area contributed by atoms with E-state index in [4.69, 9.17) is 4.74 Å². The summed E-state index contributed by atoms with van der Waals surface area (Å²) in [6, 6.07) is 5.56. The second-order valence-electron chi connectivity index (χ2n) is 4.35. The lowest BCUT2D eigenvalue weighted by molar-refractivity contribution is -0.107. The molecule has 0 saturated heterocycles. The summed E-state index contributed by atoms with van der Waals surface area (Å²) < 4.78 is 5.63. The summed E-state index contributed by atoms with van der Waals surface area (Å²) in [4.78, 5) is 19.3. The monoisotopic (exact) mass is 300 g/mol. The van der Waals surface area contributed by atoms with Gasteiger partial charge in [0.15, 0.2) is 0 Å². The average molecular weight is 300 g/mol. The van der Waals surface area contributed by atoms with Gasteiger partial charge in [-0.1, -0.05) is 17.4 Å². The van der Waals surface area contributed by atoms with Crippen molar-refractivity contribution in [1.29, 1.82) is 0 Å². The van der Waals surface area contributed by atoms with Crippen molar-refractivity contribution in [2.24, 2.45) is 0 Å². The fraction of sp³-hybridized carbons (Fsp3) is 0.143. The van der Waals surface area contributed by atoms with Gasteiger partial charge < -0.3 is 9.53 Å². The SMILES string of the molecule is Cc1cccc(Oc2nc(-c3cn[nH]c3CC=O)cs2)n1. The van der Waals surface area contributed by atoms with Crippen LogP contribution in [0.15, 0.2) is 29.8 Å². The number of nitrogens with zero attached hydrogens (tertiary/aromatic N) is 3. The van der Waals surface area contributed by atoms with E-state index in [1.165, 1.54) is 11.3 Å². The number of rotatable bonds is 5. The summed E-state index contributed by atoms with van der Waals surface area (Å²) in [6.45, 7) is 1.90. The molecule has 0 aliphatic rings. The van der Waals surface area contributed by atoms with Gasteiger partial charge in [0, 0.05) is 29.1 Å². The van der Waals surface area contributed by atoms with Gasteiger partial charge in [0.2, 0.25) is 5.88 Å². The van der Waals surface area contributed by atoms with E-state index in [1.54, 1.807) is 12.3 Å². The summed E-state index contributed by atoms with van der Waals surface area (Å²) in [7, 11) is 0. The molecular weight excluding hydrogens is 288 g/mol. The molecule has 106 valence electrons. The molecule has 3 heterocycles. The largest absolute Gasteiger partial charge is 0.412 e. The zero-order chi connectivity index (χ0) is 14.7. The molecule has 6 nitrogen and oxygen atoms in total. The van der Waals surface area contributed by atoms with E-state index in [1.807, 2.05) is 24.4 Å². The van der Waals surface area contributed by atoms with Crippen LogP contribution in [0.3, 0.4) is 0 Å². The Hall–Kier alpha value is -2.54. The number of aldehydes is 1. The molecule has 0 saturated carbocycles. The minimum absolute atomic E-state index is 0.280. The van der Waals surface area contributed by atoms with E-state index in [-0.39, 0.29) is 6.42 Å². The predicted octanol–water partition coefficient (Wildman–Crippen LogP) is 2.77. The van der Waals surface area contributed by atoms with Crippen LogP contribution in [0.1, 0.15) is 11.4 Å². The normalized spacial score (nSPS) is 10.5. The summed E-state index contributed by atoms with van der Waals surface area (Å²) in [6.07, 6.45) is 2.77. The predicted molar refractivity (Wildman–Crippen MR) is 78.5 cm³/mol. The smallest absolute Gasteiger partial charge is 0.280 e. The van der Waals surface area contributed by atoms with Crippen molar-refractivity contribution >= 4 is 17.6 Å². The van der Waals surface area contributed by atoms with Gasteiger partial charge in [-0.3, -0.25) is 5.10 Å². The molecule has 7 heteroatoms. The molecule has 0 aliphatic carbocycles. The van der Waals surface area contributed by atoms with Gasteiger partial charge in [-0.15, -0.1) is 0 Å². The first-order chi connectivity index (χ1) is 10.3. The van der Waals surface area contributed by atoms with E-state index in [2.05, 4.69) is 20.2 Å². The number of carbonyl (C=O) groups is 1. The Balaban J connectivity index is 1.83. The second kappa shape index (κ2) is 5.84. The minimum Gasteiger partial charge on any atom is -0.412 e. The summed E-state index contributed by atoms with van der Waals surface area (Å²) in [5, 5.41) is 9.12. The van der Waals surface area contributed by atoms with E-state index in [0.29, 0.717) is 11.1 Å². The summed E-state index contributed by atoms with van der Waals surface area (Å²) in [5.74, 6) is 0.510. The van der Waals surface area contributed by atoms with Crippen molar-refractivity contribution in [3.63, 3.8) is 0 Å². The number of hydrogen-bond acceptors (Lipinski definition) is 6. The van der Waals surface area contributed by atoms with E-state index in [0.717, 1.165) is 28.9 Å². The van der Waals surface area contributed by atoms with E-state index in [9.17, 15) is 4.79 Å². The van der Waals surface area contributed by atoms with Gasteiger partial charge in [0.05, 0.1) is 17.6 Å². The maximum Gasteiger partial charge on any atom is 0.280 e. The number of H-pyrrole nitrogens is 1. The van der Waals surface area contributed by atoms with Crippen LogP contribution in [0, 0.1) is 6.92 Å². The lowest BCUT2D eigenvalue weighted by atomic mass is 10.2. The van der Waals surface area contributed by atoms with Crippen LogP contribution in [0.4, 0.5) is 0 Å². The highest BCUT2D eigenvalue weighted by atomic mass is 32.1. The Bertz CT molecular complexity index is 766. The van der Waals surface area contributed by atoms with E-state index < -0.39 is 0 Å². The molecule has 21 heavy (non-hydrogen) atoms. The van der Waals surface area contributed by atoms with Crippen LogP contribution in [-0.2, 0) is 11.2 Å². The number of hydrogen-bond donors (Lipinski definition) is 1. The lowest BCUT2D eigenvalue weighted by Crippen LogP contribution is -1.91. The highest BCUT2D eigenvalue weighted by Gasteiger charge is 2.12. The summed E-state index contributed by atoms with van der Waals surface area (Å²) in [5.41, 5.74) is 3.17. The second-order valence-corrected chi connectivity index (χ2v) is 5.17. The van der Waals surface area contributed by atoms with Gasteiger partial charge in [-0.25, -0.2) is 9.97 Å². The first-order valence-electron chi connectivity index (χ1n) is 6.29. The van der Waals surface area contributed by atoms with Gasteiger partial charge >= 0.3 is 0 Å². The molecule has 0 unspecified atom stereocenters. The van der Waals surface area contributed by atoms with Crippen molar-refractivity contribution in [2.45, 2.75) is 13.3 Å². The zero-order valence-electron chi connectivity index (χ0n) is 11.2. The number of aromatic nitrogens is 4. The highest BCUT2D eigenvalue weighted by Crippen LogP contribution is 2.30. The number of ether oxygens (including phenoxy) is 1. The Morgan fingerprint density at radius 3 is 3.10 bits per heavy atom. The molecule has 0 aromatic carbocycles. The number of aromatic amines is 1. The first-order valence-corrected chi connectivity index (χ1v) is 7.17. The molecule has 0 amide bonds. The first kappa shape index (κ1) is 13.4. The molecular formula is C14H12N4O2S. The quantitative estimate of drug-likeness (QED) is 0.733. The number of carbonyl (C=O) groups excluding carboxylic acids is 1. The third-order valence-corrected chi connectivity index (χ3v) is 3.54. The molecule has 0 bridgehead atoms. The van der Waals surface area contributed by atoms with Gasteiger partial charge in [-0.2, -0.15) is 5.10 Å². The molecule has 3 aromatic rings. The third-order valence-electron chi connectivity index (χ3n) is 2.82. The third kappa shape index (κ3) is 2.97. The highest BCUT2D eigenvalue weighted by molar-refractivity contribution is 7.11. The Morgan fingerprint density at radius 1 is 1.38 bits per heavy atom. The maximum atomic E-state index is 10.6. The fourth-order valence-electron chi connectivity index (χ4n) is 1.86. The molecule has 0 spiro atoms. The standard InChI is InChI=1S/C14H12N4O2S/c1-9-3-2-4-13(16-9)20-14-17-12(8-21-14)10-7-15-18-11(10)5-6-19/h2-4,6-8H,5H2,1H3,(H,15,18). The van der Waals surface area contributed by atoms with E-state index >= 15 is 0 Å². The number of nitrogens with one attached hydrogen (secondary N) is 1. The van der Waals surface area contributed by atoms with Crippen molar-refractivity contribution in [2.75, 3.05) is 0 Å². The van der Waals surface area contributed by atoms with Crippen molar-refractivity contribution in [3.8, 4) is 22.3 Å². The van der Waals surface area contributed by atoms with Crippen LogP contribution < -0.4 is 4.74 Å². The molecule has 0 aliphatic heterocycles. The van der Waals surface area contributed by atoms with Crippen LogP contribution in [-0.4, -0.2) is 26.5 Å². The van der Waals surface area contributed by atoms with Crippen LogP contribution in [0.5, 0.6) is 11.1 Å². The average Bonchev–Trinajstić information content (AvgIpc) is 3.08. The van der Waals surface area contributed by atoms with Crippen molar-refractivity contribution in [3.05, 3.63) is 41.2 Å². The van der Waals surface area contributed by atoms with Gasteiger partial charge in [-0.05, 0) is 13.0 Å². The van der Waals surface area contributed by atoms with Gasteiger partial charge in [0.1, 0.15) is 6.29 Å². The molecule has 0 radical (unpaired) electrons. The molecule has 1 N–H and O–H groups in total. The van der Waals surface area contributed by atoms with Crippen LogP contribution >= 0.6 is 11.3 Å². The molecule has 0 atom stereocenters. The minimum atomic E-state index is 0.280. The molecule has 3 rings (SSSR count). The van der Waals surface area contributed by atoms with Crippen LogP contribution in [0.2, 0.25) is 0 Å². The lowest BCUT2D eigenvalue weighted by Gasteiger charge is -2.00. The number of pyridine rings is 1. The van der Waals surface area contributed by atoms with Crippen LogP contribution in [0.25, 0.3) is 11.3 Å². The van der Waals surface area contributed by atoms with Crippen molar-refractivity contribution < 1.29 is 9.53 Å². The van der Waals surface area contributed by atoms with Gasteiger partial charge in [0.25, 0.3) is 5.19 Å². The zero-order valence-corrected chi connectivity index (χ0v) is 12.1. The Morgan fingerprint density at radius 2 is 2.29 bits per heavy atom. The molecule has 0 fully saturated rings. The Kier molecular flexibility index (Phi) is 3.74. The Labute approximate surface area is 124 Å². The number of aryl methyl sites for hydroxylation is 1.